The molecule has 0 spiro atoms. The fourth-order valence-electron chi connectivity index (χ4n) is 3.03. The number of nitrogens with zero attached hydrogens (tertiary/aromatic N) is 2. The number of aryl methyl sites for hydroxylation is 2. The summed E-state index contributed by atoms with van der Waals surface area (Å²) in [5, 5.41) is 6.62. The Bertz CT molecular complexity index is 1220. The summed E-state index contributed by atoms with van der Waals surface area (Å²) in [7, 11) is 0. The Labute approximate surface area is 186 Å². The van der Waals surface area contributed by atoms with Crippen LogP contribution in [0.4, 0.5) is 17.3 Å². The molecule has 0 bridgehead atoms. The molecule has 0 aliphatic heterocycles. The summed E-state index contributed by atoms with van der Waals surface area (Å²) in [4.78, 5) is 21.4. The molecule has 31 heavy (non-hydrogen) atoms. The number of halogens is 1. The highest BCUT2D eigenvalue weighted by molar-refractivity contribution is 6.31. The lowest BCUT2D eigenvalue weighted by Gasteiger charge is -2.09. The van der Waals surface area contributed by atoms with Gasteiger partial charge in [-0.25, -0.2) is 9.97 Å². The standard InChI is InChI=1S/C25H21ClN4O/c1-16-6-9-18(10-7-16)20-14-27-25(28-15-20)30-21-5-3-4-19(12-21)24(31)29-22-11-8-17(2)23(26)13-22/h3-15H,1-2H3,(H,29,31)(H,27,28,30). The number of anilines is 3. The molecule has 0 saturated heterocycles. The van der Waals surface area contributed by atoms with Crippen LogP contribution in [0.3, 0.4) is 0 Å². The van der Waals surface area contributed by atoms with E-state index in [0.29, 0.717) is 22.2 Å². The number of nitrogens with one attached hydrogen (secondary N) is 2. The summed E-state index contributed by atoms with van der Waals surface area (Å²) >= 11 is 6.14. The van der Waals surface area contributed by atoms with Gasteiger partial charge in [0.2, 0.25) is 5.95 Å². The van der Waals surface area contributed by atoms with Crippen LogP contribution in [0.2, 0.25) is 5.02 Å². The molecule has 154 valence electrons. The van der Waals surface area contributed by atoms with Crippen molar-refractivity contribution in [2.45, 2.75) is 13.8 Å². The molecular weight excluding hydrogens is 408 g/mol. The molecule has 0 aliphatic carbocycles. The van der Waals surface area contributed by atoms with Crippen LogP contribution in [0, 0.1) is 13.8 Å². The van der Waals surface area contributed by atoms with Gasteiger partial charge in [-0.15, -0.1) is 0 Å². The van der Waals surface area contributed by atoms with Crippen LogP contribution >= 0.6 is 11.6 Å². The van der Waals surface area contributed by atoms with Crippen LogP contribution in [-0.4, -0.2) is 15.9 Å². The average Bonchev–Trinajstić information content (AvgIpc) is 2.78. The minimum atomic E-state index is -0.223. The first kappa shape index (κ1) is 20.6. The molecule has 4 aromatic rings. The predicted molar refractivity (Wildman–Crippen MR) is 126 cm³/mol. The van der Waals surface area contributed by atoms with Gasteiger partial charge in [0.25, 0.3) is 5.91 Å². The maximum absolute atomic E-state index is 12.6. The van der Waals surface area contributed by atoms with Gasteiger partial charge < -0.3 is 10.6 Å². The Morgan fingerprint density at radius 2 is 1.58 bits per heavy atom. The third-order valence-corrected chi connectivity index (χ3v) is 5.25. The lowest BCUT2D eigenvalue weighted by molar-refractivity contribution is 0.102. The highest BCUT2D eigenvalue weighted by Gasteiger charge is 2.09. The lowest BCUT2D eigenvalue weighted by Crippen LogP contribution is -2.12. The Balaban J connectivity index is 1.46. The third-order valence-electron chi connectivity index (χ3n) is 4.85. The molecule has 0 aliphatic rings. The maximum atomic E-state index is 12.6. The highest BCUT2D eigenvalue weighted by atomic mass is 35.5. The number of carbonyl (C=O) groups is 1. The Hall–Kier alpha value is -3.70. The van der Waals surface area contributed by atoms with Crippen molar-refractivity contribution in [3.05, 3.63) is 101 Å². The van der Waals surface area contributed by atoms with Gasteiger partial charge in [0, 0.05) is 39.9 Å². The summed E-state index contributed by atoms with van der Waals surface area (Å²) < 4.78 is 0. The molecule has 4 rings (SSSR count). The number of hydrogen-bond acceptors (Lipinski definition) is 4. The normalized spacial score (nSPS) is 10.5. The van der Waals surface area contributed by atoms with Gasteiger partial charge in [-0.3, -0.25) is 4.79 Å². The Morgan fingerprint density at radius 1 is 0.839 bits per heavy atom. The number of hydrogen-bond donors (Lipinski definition) is 2. The first-order valence-electron chi connectivity index (χ1n) is 9.81. The lowest BCUT2D eigenvalue weighted by atomic mass is 10.1. The summed E-state index contributed by atoms with van der Waals surface area (Å²) in [6, 6.07) is 20.8. The number of rotatable bonds is 5. The van der Waals surface area contributed by atoms with Gasteiger partial charge in [-0.2, -0.15) is 0 Å². The Morgan fingerprint density at radius 3 is 2.29 bits per heavy atom. The van der Waals surface area contributed by atoms with Crippen LogP contribution in [0.15, 0.2) is 79.1 Å². The smallest absolute Gasteiger partial charge is 0.255 e. The van der Waals surface area contributed by atoms with E-state index in [-0.39, 0.29) is 5.91 Å². The second kappa shape index (κ2) is 8.98. The van der Waals surface area contributed by atoms with Crippen LogP contribution in [0.5, 0.6) is 0 Å². The average molecular weight is 429 g/mol. The monoisotopic (exact) mass is 428 g/mol. The topological polar surface area (TPSA) is 66.9 Å². The number of amides is 1. The van der Waals surface area contributed by atoms with E-state index in [1.54, 1.807) is 36.7 Å². The van der Waals surface area contributed by atoms with Crippen molar-refractivity contribution in [3.8, 4) is 11.1 Å². The molecule has 0 fully saturated rings. The molecule has 1 heterocycles. The molecule has 1 amide bonds. The zero-order valence-electron chi connectivity index (χ0n) is 17.2. The van der Waals surface area contributed by atoms with Gasteiger partial charge >= 0.3 is 0 Å². The van der Waals surface area contributed by atoms with Gasteiger partial charge in [-0.05, 0) is 55.3 Å². The van der Waals surface area contributed by atoms with Crippen molar-refractivity contribution in [2.75, 3.05) is 10.6 Å². The fraction of sp³-hybridized carbons (Fsp3) is 0.0800. The molecule has 0 radical (unpaired) electrons. The predicted octanol–water partition coefficient (Wildman–Crippen LogP) is 6.41. The maximum Gasteiger partial charge on any atom is 0.255 e. The van der Waals surface area contributed by atoms with Crippen LogP contribution in [0.1, 0.15) is 21.5 Å². The highest BCUT2D eigenvalue weighted by Crippen LogP contribution is 2.22. The van der Waals surface area contributed by atoms with Gasteiger partial charge in [0.1, 0.15) is 0 Å². The van der Waals surface area contributed by atoms with Crippen LogP contribution in [0.25, 0.3) is 11.1 Å². The molecule has 3 aromatic carbocycles. The molecule has 0 saturated carbocycles. The van der Waals surface area contributed by atoms with Crippen molar-refractivity contribution in [1.29, 1.82) is 0 Å². The summed E-state index contributed by atoms with van der Waals surface area (Å²) in [6.07, 6.45) is 3.55. The summed E-state index contributed by atoms with van der Waals surface area (Å²) in [5.74, 6) is 0.234. The second-order valence-electron chi connectivity index (χ2n) is 7.29. The van der Waals surface area contributed by atoms with E-state index in [2.05, 4.69) is 39.7 Å². The largest absolute Gasteiger partial charge is 0.324 e. The van der Waals surface area contributed by atoms with Crippen LogP contribution < -0.4 is 10.6 Å². The SMILES string of the molecule is Cc1ccc(-c2cnc(Nc3cccc(C(=O)Nc4ccc(C)c(Cl)c4)c3)nc2)cc1. The third kappa shape index (κ3) is 5.08. The zero-order valence-corrected chi connectivity index (χ0v) is 17.9. The number of benzene rings is 3. The molecule has 0 atom stereocenters. The van der Waals surface area contributed by atoms with Crippen LogP contribution in [-0.2, 0) is 0 Å². The summed E-state index contributed by atoms with van der Waals surface area (Å²) in [6.45, 7) is 3.97. The molecule has 2 N–H and O–H groups in total. The zero-order chi connectivity index (χ0) is 21.8. The summed E-state index contributed by atoms with van der Waals surface area (Å²) in [5.41, 5.74) is 6.05. The minimum absolute atomic E-state index is 0.223. The van der Waals surface area contributed by atoms with E-state index < -0.39 is 0 Å². The van der Waals surface area contributed by atoms with E-state index in [1.807, 2.05) is 37.3 Å². The van der Waals surface area contributed by atoms with Crippen molar-refractivity contribution < 1.29 is 4.79 Å². The van der Waals surface area contributed by atoms with Crippen molar-refractivity contribution in [2.24, 2.45) is 0 Å². The second-order valence-corrected chi connectivity index (χ2v) is 7.69. The van der Waals surface area contributed by atoms with Crippen molar-refractivity contribution >= 4 is 34.8 Å². The first-order chi connectivity index (χ1) is 15.0. The molecule has 0 unspecified atom stereocenters. The number of carbonyl (C=O) groups excluding carboxylic acids is 1. The Kier molecular flexibility index (Phi) is 5.96. The van der Waals surface area contributed by atoms with E-state index in [0.717, 1.165) is 22.4 Å². The van der Waals surface area contributed by atoms with Crippen molar-refractivity contribution in [1.82, 2.24) is 9.97 Å². The molecule has 6 heteroatoms. The minimum Gasteiger partial charge on any atom is -0.324 e. The number of aromatic nitrogens is 2. The van der Waals surface area contributed by atoms with E-state index in [9.17, 15) is 4.79 Å². The molecule has 1 aromatic heterocycles. The van der Waals surface area contributed by atoms with E-state index in [4.69, 9.17) is 11.6 Å². The van der Waals surface area contributed by atoms with Gasteiger partial charge in [-0.1, -0.05) is 53.6 Å². The van der Waals surface area contributed by atoms with E-state index in [1.165, 1.54) is 5.56 Å². The fourth-order valence-corrected chi connectivity index (χ4v) is 3.21. The first-order valence-corrected chi connectivity index (χ1v) is 10.2. The van der Waals surface area contributed by atoms with Gasteiger partial charge in [0.15, 0.2) is 0 Å². The quantitative estimate of drug-likeness (QED) is 0.385. The molecule has 5 nitrogen and oxygen atoms in total. The van der Waals surface area contributed by atoms with Gasteiger partial charge in [0.05, 0.1) is 0 Å². The molecular formula is C25H21ClN4O. The van der Waals surface area contributed by atoms with Crippen molar-refractivity contribution in [3.63, 3.8) is 0 Å². The van der Waals surface area contributed by atoms with E-state index >= 15 is 0 Å².